The molecule has 1 amide bonds. The molecule has 1 unspecified atom stereocenters. The third-order valence-corrected chi connectivity index (χ3v) is 2.11. The van der Waals surface area contributed by atoms with Crippen LogP contribution in [0.25, 0.3) is 0 Å². The fraction of sp³-hybridized carbons (Fsp3) is 0.250. The quantitative estimate of drug-likeness (QED) is 0.747. The number of nitrogens with one attached hydrogen (secondary N) is 1. The second kappa shape index (κ2) is 7.05. The highest BCUT2D eigenvalue weighted by atomic mass is 16.5. The van der Waals surface area contributed by atoms with E-state index in [1.54, 1.807) is 12.1 Å². The number of nitrogens with zero attached hydrogens (tertiary/aromatic N) is 1. The Morgan fingerprint density at radius 3 is 2.72 bits per heavy atom. The molecule has 2 N–H and O–H groups in total. The number of carboxylic acid groups (broad SMARTS) is 1. The molecule has 0 saturated heterocycles. The molecule has 0 spiro atoms. The van der Waals surface area contributed by atoms with Gasteiger partial charge in [0.25, 0.3) is 0 Å². The number of ether oxygens (including phenoxy) is 1. The molecule has 0 radical (unpaired) electrons. The van der Waals surface area contributed by atoms with E-state index in [0.717, 1.165) is 0 Å². The first kappa shape index (κ1) is 13.7. The highest BCUT2D eigenvalue weighted by molar-refractivity contribution is 5.71. The molecule has 1 atom stereocenters. The average Bonchev–Trinajstić information content (AvgIpc) is 2.36. The normalized spacial score (nSPS) is 11.3. The summed E-state index contributed by atoms with van der Waals surface area (Å²) in [6.45, 7) is 3.48. The lowest BCUT2D eigenvalue weighted by Crippen LogP contribution is -2.30. The van der Waals surface area contributed by atoms with Crippen LogP contribution in [0.2, 0.25) is 0 Å². The number of carbonyl (C=O) groups is 2. The van der Waals surface area contributed by atoms with Crippen molar-refractivity contribution in [2.75, 3.05) is 6.61 Å². The van der Waals surface area contributed by atoms with Crippen LogP contribution < -0.4 is 5.32 Å². The Morgan fingerprint density at radius 1 is 1.50 bits per heavy atom. The topological polar surface area (TPSA) is 88.5 Å². The summed E-state index contributed by atoms with van der Waals surface area (Å²) in [6.07, 6.45) is 3.57. The van der Waals surface area contributed by atoms with Gasteiger partial charge in [0.1, 0.15) is 6.61 Å². The highest BCUT2D eigenvalue weighted by Gasteiger charge is 2.18. The van der Waals surface area contributed by atoms with Crippen molar-refractivity contribution in [2.45, 2.75) is 12.5 Å². The van der Waals surface area contributed by atoms with E-state index >= 15 is 0 Å². The lowest BCUT2D eigenvalue weighted by Gasteiger charge is -2.16. The fourth-order valence-electron chi connectivity index (χ4n) is 1.34. The number of aromatic nitrogens is 1. The Hall–Kier alpha value is -2.37. The van der Waals surface area contributed by atoms with Gasteiger partial charge in [-0.1, -0.05) is 12.7 Å². The maximum atomic E-state index is 11.4. The first-order valence-electron chi connectivity index (χ1n) is 5.29. The van der Waals surface area contributed by atoms with Gasteiger partial charge in [0.15, 0.2) is 0 Å². The minimum absolute atomic E-state index is 0.0714. The molecule has 18 heavy (non-hydrogen) atoms. The van der Waals surface area contributed by atoms with Crippen LogP contribution in [-0.2, 0) is 9.53 Å². The number of pyridine rings is 1. The zero-order valence-electron chi connectivity index (χ0n) is 9.70. The van der Waals surface area contributed by atoms with E-state index in [-0.39, 0.29) is 13.0 Å². The van der Waals surface area contributed by atoms with Gasteiger partial charge in [-0.2, -0.15) is 0 Å². The van der Waals surface area contributed by atoms with Gasteiger partial charge in [-0.05, 0) is 17.7 Å². The maximum Gasteiger partial charge on any atom is 0.407 e. The summed E-state index contributed by atoms with van der Waals surface area (Å²) in [5, 5.41) is 11.3. The van der Waals surface area contributed by atoms with E-state index in [0.29, 0.717) is 5.56 Å². The van der Waals surface area contributed by atoms with E-state index in [1.807, 2.05) is 0 Å². The molecule has 1 heterocycles. The Bertz CT molecular complexity index is 419. The van der Waals surface area contributed by atoms with Crippen molar-refractivity contribution in [1.29, 1.82) is 0 Å². The smallest absolute Gasteiger partial charge is 0.407 e. The third kappa shape index (κ3) is 4.65. The van der Waals surface area contributed by atoms with E-state index < -0.39 is 18.1 Å². The lowest BCUT2D eigenvalue weighted by molar-refractivity contribution is -0.137. The molecule has 0 aliphatic rings. The van der Waals surface area contributed by atoms with Gasteiger partial charge in [0.2, 0.25) is 0 Å². The van der Waals surface area contributed by atoms with Crippen molar-refractivity contribution in [3.8, 4) is 0 Å². The molecule has 6 heteroatoms. The molecule has 6 nitrogen and oxygen atoms in total. The standard InChI is InChI=1S/C12H14N2O4/c1-2-7-18-12(17)14-10(8-11(15)16)9-3-5-13-6-4-9/h2-6,10H,1,7-8H2,(H,14,17)(H,15,16). The number of aliphatic carboxylic acids is 1. The SMILES string of the molecule is C=CCOC(=O)NC(CC(=O)O)c1ccncc1. The van der Waals surface area contributed by atoms with Crippen LogP contribution in [0.4, 0.5) is 4.79 Å². The van der Waals surface area contributed by atoms with Crippen LogP contribution in [0.3, 0.4) is 0 Å². The number of hydrogen-bond acceptors (Lipinski definition) is 4. The number of carboxylic acids is 1. The second-order valence-corrected chi connectivity index (χ2v) is 3.46. The number of hydrogen-bond donors (Lipinski definition) is 2. The predicted octanol–water partition coefficient (Wildman–Crippen LogP) is 1.51. The number of rotatable bonds is 6. The summed E-state index contributed by atoms with van der Waals surface area (Å²) in [6, 6.07) is 2.63. The zero-order chi connectivity index (χ0) is 13.4. The fourth-order valence-corrected chi connectivity index (χ4v) is 1.34. The molecule has 0 fully saturated rings. The van der Waals surface area contributed by atoms with E-state index in [1.165, 1.54) is 18.5 Å². The van der Waals surface area contributed by atoms with Gasteiger partial charge in [0, 0.05) is 12.4 Å². The largest absolute Gasteiger partial charge is 0.481 e. The molecule has 1 aromatic rings. The van der Waals surface area contributed by atoms with Crippen LogP contribution in [-0.4, -0.2) is 28.8 Å². The van der Waals surface area contributed by atoms with Crippen LogP contribution in [0.15, 0.2) is 37.2 Å². The Morgan fingerprint density at radius 2 is 2.17 bits per heavy atom. The van der Waals surface area contributed by atoms with Gasteiger partial charge >= 0.3 is 12.1 Å². The summed E-state index contributed by atoms with van der Waals surface area (Å²) >= 11 is 0. The van der Waals surface area contributed by atoms with Crippen LogP contribution >= 0.6 is 0 Å². The van der Waals surface area contributed by atoms with Gasteiger partial charge in [-0.15, -0.1) is 0 Å². The molecular formula is C12H14N2O4. The Labute approximate surface area is 104 Å². The molecule has 1 aromatic heterocycles. The molecule has 0 bridgehead atoms. The molecule has 0 saturated carbocycles. The average molecular weight is 250 g/mol. The molecule has 0 aromatic carbocycles. The maximum absolute atomic E-state index is 11.4. The first-order valence-corrected chi connectivity index (χ1v) is 5.29. The summed E-state index contributed by atoms with van der Waals surface area (Å²) in [5.74, 6) is -1.01. The van der Waals surface area contributed by atoms with Crippen LogP contribution in [0.1, 0.15) is 18.0 Å². The minimum atomic E-state index is -1.01. The van der Waals surface area contributed by atoms with Crippen molar-refractivity contribution in [2.24, 2.45) is 0 Å². The molecule has 1 rings (SSSR count). The van der Waals surface area contributed by atoms with Crippen molar-refractivity contribution < 1.29 is 19.4 Å². The minimum Gasteiger partial charge on any atom is -0.481 e. The number of amides is 1. The van der Waals surface area contributed by atoms with Crippen LogP contribution in [0, 0.1) is 0 Å². The van der Waals surface area contributed by atoms with Gasteiger partial charge < -0.3 is 15.2 Å². The van der Waals surface area contributed by atoms with Crippen LogP contribution in [0.5, 0.6) is 0 Å². The summed E-state index contributed by atoms with van der Waals surface area (Å²) in [4.78, 5) is 26.0. The molecular weight excluding hydrogens is 236 g/mol. The summed E-state index contributed by atoms with van der Waals surface area (Å²) < 4.78 is 4.75. The molecule has 0 aliphatic carbocycles. The zero-order valence-corrected chi connectivity index (χ0v) is 9.70. The van der Waals surface area contributed by atoms with Gasteiger partial charge in [-0.3, -0.25) is 9.78 Å². The summed E-state index contributed by atoms with van der Waals surface area (Å²) in [7, 11) is 0. The highest BCUT2D eigenvalue weighted by Crippen LogP contribution is 2.15. The third-order valence-electron chi connectivity index (χ3n) is 2.11. The summed E-state index contributed by atoms with van der Waals surface area (Å²) in [5.41, 5.74) is 0.656. The van der Waals surface area contributed by atoms with Crippen molar-refractivity contribution >= 4 is 12.1 Å². The predicted molar refractivity (Wildman–Crippen MR) is 63.9 cm³/mol. The number of carbonyl (C=O) groups excluding carboxylic acids is 1. The molecule has 96 valence electrons. The second-order valence-electron chi connectivity index (χ2n) is 3.46. The molecule has 0 aliphatic heterocycles. The van der Waals surface area contributed by atoms with Crippen molar-refractivity contribution in [3.05, 3.63) is 42.7 Å². The Kier molecular flexibility index (Phi) is 5.37. The van der Waals surface area contributed by atoms with Crippen molar-refractivity contribution in [3.63, 3.8) is 0 Å². The van der Waals surface area contributed by atoms with E-state index in [9.17, 15) is 9.59 Å². The van der Waals surface area contributed by atoms with Crippen molar-refractivity contribution in [1.82, 2.24) is 10.3 Å². The Balaban J connectivity index is 2.70. The van der Waals surface area contributed by atoms with E-state index in [4.69, 9.17) is 9.84 Å². The lowest BCUT2D eigenvalue weighted by atomic mass is 10.1. The monoisotopic (exact) mass is 250 g/mol. The first-order chi connectivity index (χ1) is 8.63. The van der Waals surface area contributed by atoms with Gasteiger partial charge in [0.05, 0.1) is 12.5 Å². The van der Waals surface area contributed by atoms with E-state index in [2.05, 4.69) is 16.9 Å². The van der Waals surface area contributed by atoms with Gasteiger partial charge in [-0.25, -0.2) is 4.79 Å². The number of alkyl carbamates (subject to hydrolysis) is 1.